The van der Waals surface area contributed by atoms with Gasteiger partial charge < -0.3 is 5.32 Å². The number of carbonyl (C=O) groups excluding carboxylic acids is 2. The normalized spacial score (nSPS) is 23.4. The number of hydrogen-bond donors (Lipinski definition) is 1. The fraction of sp³-hybridized carbons (Fsp3) is 0.361. The van der Waals surface area contributed by atoms with Crippen molar-refractivity contribution in [2.45, 2.75) is 69.5 Å². The van der Waals surface area contributed by atoms with Crippen molar-refractivity contribution >= 4 is 22.6 Å². The van der Waals surface area contributed by atoms with Gasteiger partial charge in [0.25, 0.3) is 5.91 Å². The lowest BCUT2D eigenvalue weighted by molar-refractivity contribution is 0.0919. The highest BCUT2D eigenvalue weighted by atomic mass is 16.1. The molecule has 0 spiro atoms. The van der Waals surface area contributed by atoms with E-state index in [0.717, 1.165) is 54.3 Å². The van der Waals surface area contributed by atoms with E-state index in [4.69, 9.17) is 0 Å². The van der Waals surface area contributed by atoms with Crippen LogP contribution in [0.15, 0.2) is 85.1 Å². The molecule has 3 heterocycles. The van der Waals surface area contributed by atoms with Crippen LogP contribution < -0.4 is 5.32 Å². The first-order valence-electron chi connectivity index (χ1n) is 15.3. The van der Waals surface area contributed by atoms with Gasteiger partial charge in [0, 0.05) is 47.3 Å². The summed E-state index contributed by atoms with van der Waals surface area (Å²) in [6.07, 6.45) is 10.2. The molecule has 41 heavy (non-hydrogen) atoms. The molecular weight excluding hydrogens is 506 g/mol. The SMILES string of the molecule is O=C(Cc1ccccc1)c1ccc2c(c1)C1CCC2N1CCC1CCC(NC(=O)c2cccc3ncccc23)CC1. The van der Waals surface area contributed by atoms with Crippen LogP contribution in [0.2, 0.25) is 0 Å². The molecule has 1 amide bonds. The monoisotopic (exact) mass is 543 g/mol. The molecule has 1 aromatic heterocycles. The van der Waals surface area contributed by atoms with Crippen LogP contribution in [0.1, 0.15) is 94.4 Å². The highest BCUT2D eigenvalue weighted by Crippen LogP contribution is 2.53. The Morgan fingerprint density at radius 3 is 2.44 bits per heavy atom. The minimum Gasteiger partial charge on any atom is -0.349 e. The molecule has 0 radical (unpaired) electrons. The van der Waals surface area contributed by atoms with Gasteiger partial charge in [-0.05, 0) is 98.4 Å². The molecule has 1 aliphatic carbocycles. The molecule has 2 bridgehead atoms. The van der Waals surface area contributed by atoms with Crippen LogP contribution in [0, 0.1) is 5.92 Å². The van der Waals surface area contributed by atoms with Gasteiger partial charge in [-0.3, -0.25) is 19.5 Å². The van der Waals surface area contributed by atoms with Crippen LogP contribution in [0.5, 0.6) is 0 Å². The number of benzene rings is 3. The number of amides is 1. The molecule has 2 unspecified atom stereocenters. The second kappa shape index (κ2) is 11.2. The van der Waals surface area contributed by atoms with E-state index in [1.807, 2.05) is 66.7 Å². The van der Waals surface area contributed by atoms with E-state index < -0.39 is 0 Å². The first kappa shape index (κ1) is 26.1. The number of hydrogen-bond acceptors (Lipinski definition) is 4. The van der Waals surface area contributed by atoms with Gasteiger partial charge in [0.1, 0.15) is 0 Å². The average molecular weight is 544 g/mol. The molecule has 5 heteroatoms. The molecule has 5 nitrogen and oxygen atoms in total. The van der Waals surface area contributed by atoms with Crippen molar-refractivity contribution in [3.63, 3.8) is 0 Å². The van der Waals surface area contributed by atoms with E-state index in [1.165, 1.54) is 30.4 Å². The van der Waals surface area contributed by atoms with Crippen molar-refractivity contribution in [2.24, 2.45) is 5.92 Å². The van der Waals surface area contributed by atoms with E-state index in [1.54, 1.807) is 6.20 Å². The van der Waals surface area contributed by atoms with Gasteiger partial charge in [-0.2, -0.15) is 0 Å². The second-order valence-corrected chi connectivity index (χ2v) is 12.1. The van der Waals surface area contributed by atoms with E-state index in [2.05, 4.69) is 27.3 Å². The van der Waals surface area contributed by atoms with Gasteiger partial charge in [-0.1, -0.05) is 54.6 Å². The maximum atomic E-state index is 13.1. The largest absolute Gasteiger partial charge is 0.349 e. The van der Waals surface area contributed by atoms with Crippen LogP contribution in [0.25, 0.3) is 10.9 Å². The van der Waals surface area contributed by atoms with Crippen molar-refractivity contribution < 1.29 is 9.59 Å². The van der Waals surface area contributed by atoms with Crippen molar-refractivity contribution in [1.29, 1.82) is 0 Å². The fourth-order valence-electron chi connectivity index (χ4n) is 7.56. The Balaban J connectivity index is 0.926. The van der Waals surface area contributed by atoms with Gasteiger partial charge in [-0.15, -0.1) is 0 Å². The number of carbonyl (C=O) groups is 2. The van der Waals surface area contributed by atoms with Crippen molar-refractivity contribution in [2.75, 3.05) is 6.54 Å². The second-order valence-electron chi connectivity index (χ2n) is 12.1. The zero-order valence-corrected chi connectivity index (χ0v) is 23.5. The first-order chi connectivity index (χ1) is 20.1. The standard InChI is InChI=1S/C36H37N3O2/c40-35(22-25-6-2-1-3-7-25)26-13-16-29-31(23-26)34-18-17-33(29)39(34)21-19-24-11-14-27(15-12-24)38-36(41)30-8-4-10-32-28(30)9-5-20-37-32/h1-10,13,16,20,23-24,27,33-34H,11-12,14-15,17-19,21-22H2,(H,38,41). The summed E-state index contributed by atoms with van der Waals surface area (Å²) in [5, 5.41) is 4.22. The van der Waals surface area contributed by atoms with E-state index in [-0.39, 0.29) is 17.7 Å². The van der Waals surface area contributed by atoms with Crippen LogP contribution in [0.4, 0.5) is 0 Å². The molecule has 1 saturated carbocycles. The zero-order chi connectivity index (χ0) is 27.8. The quantitative estimate of drug-likeness (QED) is 0.238. The molecule has 7 rings (SSSR count). The Morgan fingerprint density at radius 2 is 1.61 bits per heavy atom. The van der Waals surface area contributed by atoms with E-state index in [9.17, 15) is 9.59 Å². The first-order valence-corrected chi connectivity index (χ1v) is 15.3. The van der Waals surface area contributed by atoms with Crippen molar-refractivity contribution in [3.05, 3.63) is 113 Å². The Morgan fingerprint density at radius 1 is 0.805 bits per heavy atom. The third-order valence-corrected chi connectivity index (χ3v) is 9.72. The third kappa shape index (κ3) is 5.19. The third-order valence-electron chi connectivity index (χ3n) is 9.72. The molecule has 3 aliphatic rings. The lowest BCUT2D eigenvalue weighted by Gasteiger charge is -2.31. The molecule has 1 saturated heterocycles. The molecule has 2 atom stereocenters. The Hall–Kier alpha value is -3.83. The fourth-order valence-corrected chi connectivity index (χ4v) is 7.56. The predicted molar refractivity (Wildman–Crippen MR) is 162 cm³/mol. The predicted octanol–water partition coefficient (Wildman–Crippen LogP) is 7.23. The number of fused-ring (bicyclic) bond motifs is 6. The van der Waals surface area contributed by atoms with Gasteiger partial charge in [0.15, 0.2) is 5.78 Å². The summed E-state index contributed by atoms with van der Waals surface area (Å²) in [6, 6.07) is 27.3. The minimum absolute atomic E-state index is 0.0140. The molecule has 2 fully saturated rings. The smallest absolute Gasteiger partial charge is 0.252 e. The molecule has 1 N–H and O–H groups in total. The highest BCUT2D eigenvalue weighted by molar-refractivity contribution is 6.06. The van der Waals surface area contributed by atoms with Crippen molar-refractivity contribution in [1.82, 2.24) is 15.2 Å². The summed E-state index contributed by atoms with van der Waals surface area (Å²) in [5.41, 5.74) is 6.31. The van der Waals surface area contributed by atoms with Crippen LogP contribution >= 0.6 is 0 Å². The maximum absolute atomic E-state index is 13.1. The summed E-state index contributed by atoms with van der Waals surface area (Å²) in [4.78, 5) is 33.2. The maximum Gasteiger partial charge on any atom is 0.252 e. The number of nitrogens with zero attached hydrogens (tertiary/aromatic N) is 2. The summed E-state index contributed by atoms with van der Waals surface area (Å²) in [7, 11) is 0. The summed E-state index contributed by atoms with van der Waals surface area (Å²) in [5.74, 6) is 0.922. The molecule has 4 aromatic rings. The number of Topliss-reactive ketones (excluding diaryl/α,β-unsaturated/α-hetero) is 1. The van der Waals surface area contributed by atoms with Gasteiger partial charge in [0.2, 0.25) is 0 Å². The van der Waals surface area contributed by atoms with Gasteiger partial charge in [-0.25, -0.2) is 0 Å². The number of ketones is 1. The minimum atomic E-state index is 0.0140. The summed E-state index contributed by atoms with van der Waals surface area (Å²) < 4.78 is 0. The highest BCUT2D eigenvalue weighted by Gasteiger charge is 2.43. The number of pyridine rings is 1. The average Bonchev–Trinajstić information content (AvgIpc) is 3.56. The summed E-state index contributed by atoms with van der Waals surface area (Å²) in [6.45, 7) is 1.11. The van der Waals surface area contributed by atoms with Gasteiger partial charge >= 0.3 is 0 Å². The van der Waals surface area contributed by atoms with Crippen LogP contribution in [0.3, 0.4) is 0 Å². The molecule has 3 aromatic carbocycles. The molecular formula is C36H37N3O2. The van der Waals surface area contributed by atoms with Crippen molar-refractivity contribution in [3.8, 4) is 0 Å². The number of nitrogens with one attached hydrogen (secondary N) is 1. The van der Waals surface area contributed by atoms with Crippen LogP contribution in [-0.4, -0.2) is 34.2 Å². The number of aromatic nitrogens is 1. The lowest BCUT2D eigenvalue weighted by atomic mass is 9.84. The zero-order valence-electron chi connectivity index (χ0n) is 23.5. The number of rotatable bonds is 8. The summed E-state index contributed by atoms with van der Waals surface area (Å²) >= 11 is 0. The molecule has 208 valence electrons. The Bertz CT molecular complexity index is 1570. The van der Waals surface area contributed by atoms with E-state index >= 15 is 0 Å². The van der Waals surface area contributed by atoms with Gasteiger partial charge in [0.05, 0.1) is 5.52 Å². The van der Waals surface area contributed by atoms with Crippen LogP contribution in [-0.2, 0) is 6.42 Å². The Kier molecular flexibility index (Phi) is 7.14. The molecule has 2 aliphatic heterocycles. The topological polar surface area (TPSA) is 62.3 Å². The van der Waals surface area contributed by atoms with E-state index in [0.29, 0.717) is 30.0 Å². The Labute approximate surface area is 242 Å². The lowest BCUT2D eigenvalue weighted by Crippen LogP contribution is -2.38.